The first-order valence-electron chi connectivity index (χ1n) is 5.24. The van der Waals surface area contributed by atoms with Gasteiger partial charge in [-0.2, -0.15) is 0 Å². The fraction of sp³-hybridized carbons (Fsp3) is 0.231. The lowest BCUT2D eigenvalue weighted by Gasteiger charge is -2.04. The van der Waals surface area contributed by atoms with Crippen LogP contribution in [-0.2, 0) is 13.2 Å². The molecule has 0 unspecified atom stereocenters. The van der Waals surface area contributed by atoms with Gasteiger partial charge in [0.2, 0.25) is 0 Å². The summed E-state index contributed by atoms with van der Waals surface area (Å²) >= 11 is 0. The lowest BCUT2D eigenvalue weighted by Crippen LogP contribution is -1.95. The van der Waals surface area contributed by atoms with E-state index in [9.17, 15) is 0 Å². The largest absolute Gasteiger partial charge is 0.486 e. The van der Waals surface area contributed by atoms with E-state index in [-0.39, 0.29) is 0 Å². The predicted molar refractivity (Wildman–Crippen MR) is 62.1 cm³/mol. The van der Waals surface area contributed by atoms with Gasteiger partial charge in [-0.15, -0.1) is 0 Å². The van der Waals surface area contributed by atoms with Gasteiger partial charge in [0.15, 0.2) is 0 Å². The third kappa shape index (κ3) is 2.64. The minimum atomic E-state index is 0.434. The quantitative estimate of drug-likeness (QED) is 0.856. The van der Waals surface area contributed by atoms with E-state index in [2.05, 4.69) is 0 Å². The van der Waals surface area contributed by atoms with Crippen LogP contribution in [0.25, 0.3) is 0 Å². The Morgan fingerprint density at radius 2 is 2.19 bits per heavy atom. The first-order chi connectivity index (χ1) is 7.78. The molecule has 1 aromatic carbocycles. The molecule has 2 aromatic rings. The summed E-state index contributed by atoms with van der Waals surface area (Å²) in [6.45, 7) is 2.96. The highest BCUT2D eigenvalue weighted by Gasteiger charge is 2.01. The Labute approximate surface area is 94.8 Å². The molecule has 2 N–H and O–H groups in total. The van der Waals surface area contributed by atoms with Gasteiger partial charge in [-0.1, -0.05) is 12.1 Å². The van der Waals surface area contributed by atoms with Crippen LogP contribution in [0.1, 0.15) is 16.9 Å². The average Bonchev–Trinajstić information content (AvgIpc) is 2.74. The Hall–Kier alpha value is -1.74. The van der Waals surface area contributed by atoms with Crippen molar-refractivity contribution in [3.8, 4) is 5.75 Å². The van der Waals surface area contributed by atoms with Crippen LogP contribution in [0.15, 0.2) is 41.0 Å². The van der Waals surface area contributed by atoms with Crippen molar-refractivity contribution in [1.82, 2.24) is 0 Å². The molecule has 16 heavy (non-hydrogen) atoms. The standard InChI is InChI=1S/C13H15NO2/c1-10-3-2-4-12(5-10)16-9-13-6-11(7-14)8-15-13/h2-6,8H,7,9,14H2,1H3. The second-order valence-electron chi connectivity index (χ2n) is 3.73. The fourth-order valence-corrected chi connectivity index (χ4v) is 1.47. The third-order valence-electron chi connectivity index (χ3n) is 2.31. The van der Waals surface area contributed by atoms with Crippen LogP contribution in [0.5, 0.6) is 5.75 Å². The lowest BCUT2D eigenvalue weighted by molar-refractivity contribution is 0.270. The summed E-state index contributed by atoms with van der Waals surface area (Å²) in [5, 5.41) is 0. The molecule has 0 spiro atoms. The summed E-state index contributed by atoms with van der Waals surface area (Å²) in [5.74, 6) is 1.65. The van der Waals surface area contributed by atoms with Crippen molar-refractivity contribution >= 4 is 0 Å². The van der Waals surface area contributed by atoms with Crippen LogP contribution >= 0.6 is 0 Å². The van der Waals surface area contributed by atoms with Crippen molar-refractivity contribution in [2.45, 2.75) is 20.1 Å². The maximum absolute atomic E-state index is 5.60. The molecular formula is C13H15NO2. The zero-order valence-corrected chi connectivity index (χ0v) is 9.27. The molecule has 0 atom stereocenters. The predicted octanol–water partition coefficient (Wildman–Crippen LogP) is 2.63. The highest BCUT2D eigenvalue weighted by molar-refractivity contribution is 5.27. The summed E-state index contributed by atoms with van der Waals surface area (Å²) < 4.78 is 10.9. The van der Waals surface area contributed by atoms with Crippen molar-refractivity contribution < 1.29 is 9.15 Å². The van der Waals surface area contributed by atoms with E-state index in [1.807, 2.05) is 37.3 Å². The molecule has 0 fully saturated rings. The molecule has 84 valence electrons. The highest BCUT2D eigenvalue weighted by atomic mass is 16.5. The molecule has 3 heteroatoms. The second kappa shape index (κ2) is 4.86. The van der Waals surface area contributed by atoms with Gasteiger partial charge in [0.05, 0.1) is 6.26 Å². The van der Waals surface area contributed by atoms with Gasteiger partial charge in [-0.25, -0.2) is 0 Å². The zero-order valence-electron chi connectivity index (χ0n) is 9.27. The van der Waals surface area contributed by atoms with Crippen molar-refractivity contribution in [2.75, 3.05) is 0 Å². The van der Waals surface area contributed by atoms with E-state index in [1.54, 1.807) is 6.26 Å². The lowest BCUT2D eigenvalue weighted by atomic mass is 10.2. The Bertz CT molecular complexity index is 462. The summed E-state index contributed by atoms with van der Waals surface area (Å²) in [6, 6.07) is 9.84. The smallest absolute Gasteiger partial charge is 0.146 e. The van der Waals surface area contributed by atoms with E-state index >= 15 is 0 Å². The Balaban J connectivity index is 1.96. The molecule has 0 saturated carbocycles. The molecule has 0 bridgehead atoms. The molecule has 1 aromatic heterocycles. The van der Waals surface area contributed by atoms with E-state index in [4.69, 9.17) is 14.9 Å². The van der Waals surface area contributed by atoms with Gasteiger partial charge in [0, 0.05) is 12.1 Å². The zero-order chi connectivity index (χ0) is 11.4. The van der Waals surface area contributed by atoms with E-state index < -0.39 is 0 Å². The first-order valence-corrected chi connectivity index (χ1v) is 5.24. The van der Waals surface area contributed by atoms with Crippen molar-refractivity contribution in [3.05, 3.63) is 53.5 Å². The molecule has 0 amide bonds. The van der Waals surface area contributed by atoms with Crippen LogP contribution in [0, 0.1) is 6.92 Å². The van der Waals surface area contributed by atoms with Crippen molar-refractivity contribution in [1.29, 1.82) is 0 Å². The molecular weight excluding hydrogens is 202 g/mol. The highest BCUT2D eigenvalue weighted by Crippen LogP contribution is 2.15. The van der Waals surface area contributed by atoms with Crippen molar-refractivity contribution in [2.24, 2.45) is 5.73 Å². The molecule has 0 aliphatic heterocycles. The number of hydrogen-bond acceptors (Lipinski definition) is 3. The number of benzene rings is 1. The molecule has 3 nitrogen and oxygen atoms in total. The number of hydrogen-bond donors (Lipinski definition) is 1. The summed E-state index contributed by atoms with van der Waals surface area (Å²) in [5.41, 5.74) is 7.66. The monoisotopic (exact) mass is 217 g/mol. The van der Waals surface area contributed by atoms with Crippen LogP contribution in [-0.4, -0.2) is 0 Å². The van der Waals surface area contributed by atoms with Gasteiger partial charge in [0.1, 0.15) is 18.1 Å². The third-order valence-corrected chi connectivity index (χ3v) is 2.31. The minimum absolute atomic E-state index is 0.434. The molecule has 0 saturated heterocycles. The summed E-state index contributed by atoms with van der Waals surface area (Å²) in [4.78, 5) is 0. The Morgan fingerprint density at radius 1 is 1.31 bits per heavy atom. The van der Waals surface area contributed by atoms with Gasteiger partial charge in [0.25, 0.3) is 0 Å². The molecule has 0 aliphatic carbocycles. The fourth-order valence-electron chi connectivity index (χ4n) is 1.47. The number of furan rings is 1. The van der Waals surface area contributed by atoms with Crippen molar-refractivity contribution in [3.63, 3.8) is 0 Å². The molecule has 0 aliphatic rings. The van der Waals surface area contributed by atoms with Gasteiger partial charge < -0.3 is 14.9 Å². The van der Waals surface area contributed by atoms with E-state index in [0.717, 1.165) is 17.1 Å². The van der Waals surface area contributed by atoms with Crippen LogP contribution in [0.4, 0.5) is 0 Å². The number of rotatable bonds is 4. The van der Waals surface area contributed by atoms with Crippen LogP contribution < -0.4 is 10.5 Å². The number of nitrogens with two attached hydrogens (primary N) is 1. The van der Waals surface area contributed by atoms with E-state index in [0.29, 0.717) is 13.2 Å². The van der Waals surface area contributed by atoms with Crippen LogP contribution in [0.3, 0.4) is 0 Å². The first kappa shape index (κ1) is 10.8. The summed E-state index contributed by atoms with van der Waals surface area (Å²) in [7, 11) is 0. The second-order valence-corrected chi connectivity index (χ2v) is 3.73. The molecule has 2 rings (SSSR count). The minimum Gasteiger partial charge on any atom is -0.486 e. The van der Waals surface area contributed by atoms with Gasteiger partial charge >= 0.3 is 0 Å². The Kier molecular flexibility index (Phi) is 3.27. The maximum atomic E-state index is 5.60. The summed E-state index contributed by atoms with van der Waals surface area (Å²) in [6.07, 6.45) is 1.66. The normalized spacial score (nSPS) is 10.4. The number of aryl methyl sites for hydroxylation is 1. The maximum Gasteiger partial charge on any atom is 0.146 e. The number of ether oxygens (including phenoxy) is 1. The Morgan fingerprint density at radius 3 is 2.88 bits per heavy atom. The molecule has 1 heterocycles. The van der Waals surface area contributed by atoms with E-state index in [1.165, 1.54) is 5.56 Å². The van der Waals surface area contributed by atoms with Gasteiger partial charge in [-0.3, -0.25) is 0 Å². The SMILES string of the molecule is Cc1cccc(OCc2cc(CN)co2)c1. The average molecular weight is 217 g/mol. The molecule has 0 radical (unpaired) electrons. The van der Waals surface area contributed by atoms with Crippen LogP contribution in [0.2, 0.25) is 0 Å². The topological polar surface area (TPSA) is 48.4 Å². The van der Waals surface area contributed by atoms with Gasteiger partial charge in [-0.05, 0) is 30.7 Å².